The van der Waals surface area contributed by atoms with E-state index in [1.165, 1.54) is 0 Å². The maximum atomic E-state index is 12.0. The molecule has 1 aromatic rings. The maximum Gasteiger partial charge on any atom is 0.410 e. The van der Waals surface area contributed by atoms with Crippen molar-refractivity contribution in [2.45, 2.75) is 32.7 Å². The number of hydrogen-bond acceptors (Lipinski definition) is 4. The molecule has 1 N–H and O–H groups in total. The summed E-state index contributed by atoms with van der Waals surface area (Å²) >= 11 is 0. The fraction of sp³-hybridized carbons (Fsp3) is 0.533. The summed E-state index contributed by atoms with van der Waals surface area (Å²) in [5.41, 5.74) is 0.960. The fourth-order valence-electron chi connectivity index (χ4n) is 2.36. The number of rotatable bonds is 3. The minimum Gasteiger partial charge on any atom is -0.445 e. The van der Waals surface area contributed by atoms with Crippen LogP contribution in [0.3, 0.4) is 0 Å². The summed E-state index contributed by atoms with van der Waals surface area (Å²) in [7, 11) is 0. The zero-order valence-corrected chi connectivity index (χ0v) is 12.0. The second-order valence-corrected chi connectivity index (χ2v) is 5.30. The number of piperazine rings is 1. The highest BCUT2D eigenvalue weighted by Crippen LogP contribution is 2.13. The van der Waals surface area contributed by atoms with Gasteiger partial charge in [-0.1, -0.05) is 30.3 Å². The number of β-amino-alcohol motifs (C(OH)–C–C–N with tert-alkyl or cyclic N) is 1. The smallest absolute Gasteiger partial charge is 0.410 e. The van der Waals surface area contributed by atoms with Crippen LogP contribution in [-0.4, -0.2) is 52.9 Å². The molecule has 1 fully saturated rings. The molecule has 0 saturated carbocycles. The first-order valence-corrected chi connectivity index (χ1v) is 6.97. The van der Waals surface area contributed by atoms with Crippen molar-refractivity contribution >= 4 is 6.09 Å². The summed E-state index contributed by atoms with van der Waals surface area (Å²) in [5, 5.41) is 10.0. The number of hydrogen-bond donors (Lipinski definition) is 1. The van der Waals surface area contributed by atoms with Crippen molar-refractivity contribution in [2.75, 3.05) is 19.6 Å². The average molecular weight is 278 g/mol. The first-order valence-electron chi connectivity index (χ1n) is 6.97. The van der Waals surface area contributed by atoms with Crippen LogP contribution < -0.4 is 0 Å². The van der Waals surface area contributed by atoms with Crippen molar-refractivity contribution in [1.82, 2.24) is 9.80 Å². The Kier molecular flexibility index (Phi) is 4.98. The van der Waals surface area contributed by atoms with Crippen molar-refractivity contribution < 1.29 is 14.6 Å². The normalized spacial score (nSPS) is 20.2. The van der Waals surface area contributed by atoms with Crippen LogP contribution in [0.15, 0.2) is 30.3 Å². The van der Waals surface area contributed by atoms with Crippen molar-refractivity contribution in [3.8, 4) is 0 Å². The Morgan fingerprint density at radius 1 is 1.35 bits per heavy atom. The van der Waals surface area contributed by atoms with Crippen LogP contribution in [-0.2, 0) is 11.3 Å². The average Bonchev–Trinajstić information content (AvgIpc) is 2.45. The summed E-state index contributed by atoms with van der Waals surface area (Å²) in [6, 6.07) is 9.85. The van der Waals surface area contributed by atoms with Crippen LogP contribution in [0.2, 0.25) is 0 Å². The monoisotopic (exact) mass is 278 g/mol. The van der Waals surface area contributed by atoms with E-state index in [0.717, 1.165) is 5.56 Å². The summed E-state index contributed by atoms with van der Waals surface area (Å²) in [5.74, 6) is 0. The van der Waals surface area contributed by atoms with E-state index in [9.17, 15) is 9.90 Å². The lowest BCUT2D eigenvalue weighted by atomic mass is 10.2. The van der Waals surface area contributed by atoms with Gasteiger partial charge < -0.3 is 14.7 Å². The predicted octanol–water partition coefficient (Wildman–Crippen LogP) is 1.67. The van der Waals surface area contributed by atoms with Gasteiger partial charge in [0.2, 0.25) is 0 Å². The molecule has 1 amide bonds. The van der Waals surface area contributed by atoms with E-state index in [-0.39, 0.29) is 18.7 Å². The summed E-state index contributed by atoms with van der Waals surface area (Å²) < 4.78 is 5.27. The Morgan fingerprint density at radius 2 is 2.05 bits per heavy atom. The minimum atomic E-state index is -0.618. The molecule has 1 aliphatic heterocycles. The molecule has 5 nitrogen and oxygen atoms in total. The first-order chi connectivity index (χ1) is 9.58. The third-order valence-electron chi connectivity index (χ3n) is 3.52. The Hall–Kier alpha value is -1.59. The summed E-state index contributed by atoms with van der Waals surface area (Å²) in [4.78, 5) is 15.5. The van der Waals surface area contributed by atoms with Crippen LogP contribution in [0.5, 0.6) is 0 Å². The molecule has 20 heavy (non-hydrogen) atoms. The third kappa shape index (κ3) is 3.71. The molecule has 0 aromatic heterocycles. The van der Waals surface area contributed by atoms with E-state index in [1.807, 2.05) is 49.1 Å². The molecule has 1 unspecified atom stereocenters. The van der Waals surface area contributed by atoms with E-state index in [0.29, 0.717) is 19.6 Å². The van der Waals surface area contributed by atoms with Crippen molar-refractivity contribution in [1.29, 1.82) is 0 Å². The molecule has 2 rings (SSSR count). The van der Waals surface area contributed by atoms with E-state index in [2.05, 4.69) is 0 Å². The van der Waals surface area contributed by atoms with Crippen LogP contribution in [0.4, 0.5) is 4.79 Å². The minimum absolute atomic E-state index is 0.264. The Bertz CT molecular complexity index is 436. The quantitative estimate of drug-likeness (QED) is 0.914. The Labute approximate surface area is 119 Å². The second-order valence-electron chi connectivity index (χ2n) is 5.30. The molecule has 1 aromatic carbocycles. The van der Waals surface area contributed by atoms with E-state index in [4.69, 9.17) is 4.74 Å². The lowest BCUT2D eigenvalue weighted by Gasteiger charge is -2.40. The molecule has 1 saturated heterocycles. The molecule has 1 heterocycles. The van der Waals surface area contributed by atoms with Gasteiger partial charge >= 0.3 is 6.09 Å². The summed E-state index contributed by atoms with van der Waals surface area (Å²) in [6.07, 6.45) is -0.982. The molecule has 5 heteroatoms. The lowest BCUT2D eigenvalue weighted by Crippen LogP contribution is -2.56. The van der Waals surface area contributed by atoms with Crippen molar-refractivity contribution in [2.24, 2.45) is 0 Å². The van der Waals surface area contributed by atoms with Gasteiger partial charge in [0.25, 0.3) is 0 Å². The van der Waals surface area contributed by atoms with Crippen LogP contribution in [0, 0.1) is 0 Å². The van der Waals surface area contributed by atoms with Gasteiger partial charge in [0.15, 0.2) is 0 Å². The number of carbonyl (C=O) groups excluding carboxylic acids is 1. The zero-order valence-electron chi connectivity index (χ0n) is 12.0. The van der Waals surface area contributed by atoms with E-state index < -0.39 is 6.23 Å². The molecule has 1 aliphatic rings. The van der Waals surface area contributed by atoms with Gasteiger partial charge in [-0.25, -0.2) is 4.79 Å². The highest BCUT2D eigenvalue weighted by molar-refractivity contribution is 5.67. The number of aliphatic hydroxyl groups is 1. The third-order valence-corrected chi connectivity index (χ3v) is 3.52. The van der Waals surface area contributed by atoms with Gasteiger partial charge in [0.05, 0.1) is 6.54 Å². The number of benzene rings is 1. The summed E-state index contributed by atoms with van der Waals surface area (Å²) in [6.45, 7) is 5.88. The highest BCUT2D eigenvalue weighted by atomic mass is 16.6. The van der Waals surface area contributed by atoms with Gasteiger partial charge in [-0.05, 0) is 19.4 Å². The molecule has 0 bridgehead atoms. The molecular weight excluding hydrogens is 256 g/mol. The van der Waals surface area contributed by atoms with E-state index >= 15 is 0 Å². The molecule has 0 aliphatic carbocycles. The van der Waals surface area contributed by atoms with Crippen molar-refractivity contribution in [3.05, 3.63) is 35.9 Å². The Morgan fingerprint density at radius 3 is 2.65 bits per heavy atom. The number of aliphatic hydroxyl groups excluding tert-OH is 1. The molecule has 110 valence electrons. The van der Waals surface area contributed by atoms with Crippen LogP contribution in [0.1, 0.15) is 19.4 Å². The topological polar surface area (TPSA) is 53.0 Å². The highest BCUT2D eigenvalue weighted by Gasteiger charge is 2.30. The molecule has 1 atom stereocenters. The Balaban J connectivity index is 1.82. The van der Waals surface area contributed by atoms with Gasteiger partial charge in [-0.3, -0.25) is 4.90 Å². The lowest BCUT2D eigenvalue weighted by molar-refractivity contribution is -0.0680. The molecule has 0 spiro atoms. The standard InChI is InChI=1S/C15H22N2O3/c1-12(2)17-9-8-16(10-14(17)18)15(19)20-11-13-6-4-3-5-7-13/h3-7,12,14,18H,8-11H2,1-2H3. The van der Waals surface area contributed by atoms with Gasteiger partial charge in [-0.15, -0.1) is 0 Å². The number of nitrogens with zero attached hydrogens (tertiary/aromatic N) is 2. The molecular formula is C15H22N2O3. The SMILES string of the molecule is CC(C)N1CCN(C(=O)OCc2ccccc2)CC1O. The van der Waals surface area contributed by atoms with Gasteiger partial charge in [0, 0.05) is 19.1 Å². The second kappa shape index (κ2) is 6.72. The predicted molar refractivity (Wildman–Crippen MR) is 76.0 cm³/mol. The van der Waals surface area contributed by atoms with E-state index in [1.54, 1.807) is 4.90 Å². The largest absolute Gasteiger partial charge is 0.445 e. The number of amides is 1. The number of carbonyl (C=O) groups is 1. The fourth-order valence-corrected chi connectivity index (χ4v) is 2.36. The zero-order chi connectivity index (χ0) is 14.5. The van der Waals surface area contributed by atoms with Crippen molar-refractivity contribution in [3.63, 3.8) is 0 Å². The maximum absolute atomic E-state index is 12.0. The molecule has 0 radical (unpaired) electrons. The number of ether oxygens (including phenoxy) is 1. The first kappa shape index (κ1) is 14.8. The van der Waals surface area contributed by atoms with Crippen LogP contribution >= 0.6 is 0 Å². The van der Waals surface area contributed by atoms with Gasteiger partial charge in [0.1, 0.15) is 12.8 Å². The van der Waals surface area contributed by atoms with Crippen LogP contribution in [0.25, 0.3) is 0 Å². The van der Waals surface area contributed by atoms with Gasteiger partial charge in [-0.2, -0.15) is 0 Å².